The highest BCUT2D eigenvalue weighted by atomic mass is 32.2. The lowest BCUT2D eigenvalue weighted by Gasteiger charge is -2.25. The number of benzene rings is 1. The van der Waals surface area contributed by atoms with Gasteiger partial charge in [-0.05, 0) is 36.4 Å². The SMILES string of the molecule is CCN(c1cccc2c1NC(C1=NCC(CCO)S1)C2)S(=O)(=O)c1cccs1. The van der Waals surface area contributed by atoms with Crippen molar-refractivity contribution in [3.05, 3.63) is 41.3 Å². The summed E-state index contributed by atoms with van der Waals surface area (Å²) >= 11 is 2.96. The summed E-state index contributed by atoms with van der Waals surface area (Å²) in [5, 5.41) is 15.8. The third-order valence-corrected chi connectivity index (χ3v) is 9.59. The van der Waals surface area contributed by atoms with Crippen molar-refractivity contribution in [1.29, 1.82) is 0 Å². The summed E-state index contributed by atoms with van der Waals surface area (Å²) in [5.74, 6) is 0. The summed E-state index contributed by atoms with van der Waals surface area (Å²) in [6.07, 6.45) is 1.53. The maximum absolute atomic E-state index is 13.1. The molecule has 2 aromatic rings. The normalized spacial score (nSPS) is 21.3. The lowest BCUT2D eigenvalue weighted by atomic mass is 10.1. The number of rotatable bonds is 7. The molecule has 28 heavy (non-hydrogen) atoms. The van der Waals surface area contributed by atoms with Gasteiger partial charge in [0, 0.05) is 24.8 Å². The van der Waals surface area contributed by atoms with Crippen LogP contribution in [0.3, 0.4) is 0 Å². The number of sulfonamides is 1. The molecule has 0 bridgehead atoms. The van der Waals surface area contributed by atoms with E-state index in [9.17, 15) is 8.42 Å². The van der Waals surface area contributed by atoms with Crippen molar-refractivity contribution >= 4 is 49.5 Å². The van der Waals surface area contributed by atoms with Crippen molar-refractivity contribution < 1.29 is 13.5 Å². The molecule has 0 fully saturated rings. The third kappa shape index (κ3) is 3.56. The van der Waals surface area contributed by atoms with E-state index in [1.807, 2.05) is 25.1 Å². The van der Waals surface area contributed by atoms with Gasteiger partial charge in [-0.25, -0.2) is 8.42 Å². The van der Waals surface area contributed by atoms with E-state index < -0.39 is 10.0 Å². The zero-order valence-corrected chi connectivity index (χ0v) is 18.0. The molecule has 6 nitrogen and oxygen atoms in total. The predicted octanol–water partition coefficient (Wildman–Crippen LogP) is 3.20. The molecule has 0 radical (unpaired) electrons. The van der Waals surface area contributed by atoms with Crippen LogP contribution in [0.5, 0.6) is 0 Å². The van der Waals surface area contributed by atoms with Crippen molar-refractivity contribution in [2.75, 3.05) is 29.3 Å². The largest absolute Gasteiger partial charge is 0.396 e. The van der Waals surface area contributed by atoms with Crippen LogP contribution in [0.4, 0.5) is 11.4 Å². The van der Waals surface area contributed by atoms with Crippen LogP contribution in [0.25, 0.3) is 0 Å². The highest BCUT2D eigenvalue weighted by molar-refractivity contribution is 8.14. The minimum atomic E-state index is -3.59. The van der Waals surface area contributed by atoms with Crippen molar-refractivity contribution in [3.8, 4) is 0 Å². The van der Waals surface area contributed by atoms with Gasteiger partial charge in [0.05, 0.1) is 29.0 Å². The number of nitrogens with zero attached hydrogens (tertiary/aromatic N) is 2. The van der Waals surface area contributed by atoms with Crippen LogP contribution < -0.4 is 9.62 Å². The number of fused-ring (bicyclic) bond motifs is 1. The summed E-state index contributed by atoms with van der Waals surface area (Å²) in [4.78, 5) is 4.66. The number of thioether (sulfide) groups is 1. The van der Waals surface area contributed by atoms with Gasteiger partial charge in [0.15, 0.2) is 0 Å². The van der Waals surface area contributed by atoms with Crippen molar-refractivity contribution in [1.82, 2.24) is 0 Å². The van der Waals surface area contributed by atoms with E-state index in [2.05, 4.69) is 10.3 Å². The first kappa shape index (κ1) is 19.8. The maximum atomic E-state index is 13.1. The number of aliphatic hydroxyl groups excluding tert-OH is 1. The number of thiophene rings is 1. The van der Waals surface area contributed by atoms with Crippen LogP contribution in [-0.4, -0.2) is 49.6 Å². The lowest BCUT2D eigenvalue weighted by Crippen LogP contribution is -2.31. The summed E-state index contributed by atoms with van der Waals surface area (Å²) in [7, 11) is -3.59. The number of para-hydroxylation sites is 1. The summed E-state index contributed by atoms with van der Waals surface area (Å²) in [6, 6.07) is 9.29. The molecule has 4 rings (SSSR count). The fourth-order valence-electron chi connectivity index (χ4n) is 3.64. The number of anilines is 2. The second kappa shape index (κ2) is 8.06. The van der Waals surface area contributed by atoms with E-state index >= 15 is 0 Å². The first-order valence-electron chi connectivity index (χ1n) is 9.31. The van der Waals surface area contributed by atoms with Gasteiger partial charge in [-0.3, -0.25) is 9.30 Å². The minimum absolute atomic E-state index is 0.0630. The molecule has 0 amide bonds. The summed E-state index contributed by atoms with van der Waals surface area (Å²) < 4.78 is 28.1. The summed E-state index contributed by atoms with van der Waals surface area (Å²) in [5.41, 5.74) is 2.67. The second-order valence-corrected chi connectivity index (χ2v) is 11.1. The van der Waals surface area contributed by atoms with Gasteiger partial charge < -0.3 is 10.4 Å². The zero-order chi connectivity index (χ0) is 19.7. The van der Waals surface area contributed by atoms with Crippen LogP contribution in [0, 0.1) is 0 Å². The van der Waals surface area contributed by atoms with Crippen LogP contribution in [0.2, 0.25) is 0 Å². The quantitative estimate of drug-likeness (QED) is 0.695. The zero-order valence-electron chi connectivity index (χ0n) is 15.5. The number of aliphatic hydroxyl groups is 1. The van der Waals surface area contributed by atoms with Gasteiger partial charge in [0.2, 0.25) is 0 Å². The van der Waals surface area contributed by atoms with Gasteiger partial charge in [-0.1, -0.05) is 18.2 Å². The molecule has 2 N–H and O–H groups in total. The maximum Gasteiger partial charge on any atom is 0.273 e. The monoisotopic (exact) mass is 437 g/mol. The van der Waals surface area contributed by atoms with Gasteiger partial charge in [-0.2, -0.15) is 0 Å². The molecule has 2 aliphatic heterocycles. The third-order valence-electron chi connectivity index (χ3n) is 4.95. The number of nitrogens with one attached hydrogen (secondary N) is 1. The van der Waals surface area contributed by atoms with E-state index in [1.165, 1.54) is 15.6 Å². The molecule has 0 saturated carbocycles. The lowest BCUT2D eigenvalue weighted by molar-refractivity contribution is 0.288. The first-order valence-corrected chi connectivity index (χ1v) is 12.5. The van der Waals surface area contributed by atoms with Crippen LogP contribution in [0.15, 0.2) is 44.9 Å². The fraction of sp³-hybridized carbons (Fsp3) is 0.421. The Labute approximate surface area is 173 Å². The van der Waals surface area contributed by atoms with Crippen molar-refractivity contribution in [2.24, 2.45) is 4.99 Å². The average Bonchev–Trinajstić information content (AvgIpc) is 3.42. The van der Waals surface area contributed by atoms with Gasteiger partial charge in [0.25, 0.3) is 10.0 Å². The van der Waals surface area contributed by atoms with Crippen LogP contribution in [0.1, 0.15) is 18.9 Å². The smallest absolute Gasteiger partial charge is 0.273 e. The fourth-order valence-corrected chi connectivity index (χ4v) is 7.40. The highest BCUT2D eigenvalue weighted by Gasteiger charge is 2.34. The van der Waals surface area contributed by atoms with Gasteiger partial charge in [-0.15, -0.1) is 23.1 Å². The molecule has 150 valence electrons. The predicted molar refractivity (Wildman–Crippen MR) is 117 cm³/mol. The number of hydrogen-bond acceptors (Lipinski definition) is 7. The first-order chi connectivity index (χ1) is 13.5. The van der Waals surface area contributed by atoms with Crippen molar-refractivity contribution in [2.45, 2.75) is 35.3 Å². The summed E-state index contributed by atoms with van der Waals surface area (Å²) in [6.45, 7) is 3.12. The molecule has 0 spiro atoms. The van der Waals surface area contributed by atoms with E-state index in [0.29, 0.717) is 21.7 Å². The molecule has 0 aliphatic carbocycles. The number of aliphatic imine (C=N–C) groups is 1. The van der Waals surface area contributed by atoms with E-state index in [1.54, 1.807) is 29.3 Å². The highest BCUT2D eigenvalue weighted by Crippen LogP contribution is 2.40. The van der Waals surface area contributed by atoms with E-state index in [4.69, 9.17) is 5.11 Å². The molecule has 2 aliphatic rings. The molecule has 2 atom stereocenters. The van der Waals surface area contributed by atoms with Crippen molar-refractivity contribution in [3.63, 3.8) is 0 Å². The molecule has 2 unspecified atom stereocenters. The topological polar surface area (TPSA) is 82.0 Å². The van der Waals surface area contributed by atoms with Crippen LogP contribution in [-0.2, 0) is 16.4 Å². The van der Waals surface area contributed by atoms with Crippen LogP contribution >= 0.6 is 23.1 Å². The molecule has 1 aromatic carbocycles. The van der Waals surface area contributed by atoms with Gasteiger partial charge >= 0.3 is 0 Å². The molecule has 9 heteroatoms. The standard InChI is InChI=1S/C19H23N3O3S3/c1-2-22(28(24,25)17-7-4-10-26-17)16-6-3-5-13-11-15(21-18(13)16)19-20-12-14(27-19)8-9-23/h3-7,10,14-15,21,23H,2,8-9,11-12H2,1H3. The van der Waals surface area contributed by atoms with E-state index in [0.717, 1.165) is 35.7 Å². The Morgan fingerprint density at radius 2 is 2.18 bits per heavy atom. The van der Waals surface area contributed by atoms with Gasteiger partial charge in [0.1, 0.15) is 4.21 Å². The molecular weight excluding hydrogens is 414 g/mol. The second-order valence-electron chi connectivity index (χ2n) is 6.75. The van der Waals surface area contributed by atoms with E-state index in [-0.39, 0.29) is 12.6 Å². The Kier molecular flexibility index (Phi) is 5.69. The molecule has 0 saturated heterocycles. The number of hydrogen-bond donors (Lipinski definition) is 2. The molecule has 1 aromatic heterocycles. The minimum Gasteiger partial charge on any atom is -0.396 e. The Hall–Kier alpha value is -1.55. The molecular formula is C19H23N3O3S3. The Balaban J connectivity index is 1.61. The Morgan fingerprint density at radius 1 is 1.32 bits per heavy atom. The molecule has 3 heterocycles. The average molecular weight is 438 g/mol. The Bertz CT molecular complexity index is 974. The Morgan fingerprint density at radius 3 is 2.89 bits per heavy atom.